The summed E-state index contributed by atoms with van der Waals surface area (Å²) in [5, 5.41) is 16.4. The summed E-state index contributed by atoms with van der Waals surface area (Å²) in [6.07, 6.45) is 1.57. The minimum absolute atomic E-state index is 0.0429. The molecule has 0 aliphatic heterocycles. The fourth-order valence-electron chi connectivity index (χ4n) is 1.87. The molecule has 0 amide bonds. The lowest BCUT2D eigenvalue weighted by molar-refractivity contribution is 0.423. The monoisotopic (exact) mass is 269 g/mol. The van der Waals surface area contributed by atoms with Crippen molar-refractivity contribution in [2.45, 2.75) is 39.8 Å². The van der Waals surface area contributed by atoms with E-state index in [1.165, 1.54) is 5.56 Å². The molecule has 1 heterocycles. The molecule has 20 heavy (non-hydrogen) atoms. The van der Waals surface area contributed by atoms with Crippen LogP contribution in [0.3, 0.4) is 0 Å². The first-order valence-corrected chi connectivity index (χ1v) is 6.56. The van der Waals surface area contributed by atoms with Crippen molar-refractivity contribution in [3.8, 4) is 11.8 Å². The first-order chi connectivity index (χ1) is 9.39. The van der Waals surface area contributed by atoms with Crippen LogP contribution >= 0.6 is 0 Å². The van der Waals surface area contributed by atoms with Gasteiger partial charge >= 0.3 is 0 Å². The number of nitrogens with zero attached hydrogens (tertiary/aromatic N) is 4. The Hall–Kier alpha value is -2.19. The molecule has 0 aliphatic carbocycles. The van der Waals surface area contributed by atoms with Gasteiger partial charge in [-0.25, -0.2) is 9.67 Å². The van der Waals surface area contributed by atoms with Crippen LogP contribution in [0.1, 0.15) is 37.7 Å². The van der Waals surface area contributed by atoms with E-state index in [-0.39, 0.29) is 11.4 Å². The molecule has 1 aromatic carbocycles. The predicted octanol–water partition coefficient (Wildman–Crippen LogP) is 2.34. The molecule has 2 aromatic rings. The molecule has 0 saturated heterocycles. The zero-order valence-electron chi connectivity index (χ0n) is 12.3. The van der Waals surface area contributed by atoms with Crippen LogP contribution in [0.25, 0.3) is 5.69 Å². The molecule has 1 N–H and O–H groups in total. The second kappa shape index (κ2) is 5.43. The minimum Gasteiger partial charge on any atom is -0.308 e. The van der Waals surface area contributed by atoms with Crippen molar-refractivity contribution in [2.24, 2.45) is 0 Å². The smallest absolute Gasteiger partial charge is 0.252 e. The van der Waals surface area contributed by atoms with Gasteiger partial charge in [0.2, 0.25) is 0 Å². The summed E-state index contributed by atoms with van der Waals surface area (Å²) in [4.78, 5) is 3.95. The summed E-state index contributed by atoms with van der Waals surface area (Å²) in [6, 6.07) is 8.11. The van der Waals surface area contributed by atoms with Gasteiger partial charge in [-0.1, -0.05) is 17.7 Å². The number of aromatic nitrogens is 3. The van der Waals surface area contributed by atoms with Gasteiger partial charge in [0, 0.05) is 12.1 Å². The summed E-state index contributed by atoms with van der Waals surface area (Å²) in [5.74, 6) is 0.181. The third kappa shape index (κ3) is 3.43. The van der Waals surface area contributed by atoms with Crippen molar-refractivity contribution >= 4 is 0 Å². The maximum atomic E-state index is 8.82. The molecular weight excluding hydrogens is 250 g/mol. The summed E-state index contributed by atoms with van der Waals surface area (Å²) in [5.41, 5.74) is 3.32. The molecule has 0 atom stereocenters. The van der Waals surface area contributed by atoms with E-state index in [9.17, 15) is 0 Å². The van der Waals surface area contributed by atoms with Gasteiger partial charge in [0.25, 0.3) is 5.82 Å². The van der Waals surface area contributed by atoms with Crippen LogP contribution in [0.2, 0.25) is 0 Å². The van der Waals surface area contributed by atoms with E-state index < -0.39 is 0 Å². The third-order valence-electron chi connectivity index (χ3n) is 2.88. The van der Waals surface area contributed by atoms with Crippen molar-refractivity contribution in [2.75, 3.05) is 0 Å². The first-order valence-electron chi connectivity index (χ1n) is 6.56. The highest BCUT2D eigenvalue weighted by Gasteiger charge is 2.12. The van der Waals surface area contributed by atoms with Gasteiger partial charge in [0.15, 0.2) is 0 Å². The molecule has 5 heteroatoms. The molecule has 0 radical (unpaired) electrons. The Balaban J connectivity index is 2.35. The number of nitriles is 1. The van der Waals surface area contributed by atoms with Gasteiger partial charge in [-0.3, -0.25) is 0 Å². The van der Waals surface area contributed by atoms with Crippen molar-refractivity contribution in [3.63, 3.8) is 0 Å². The Kier molecular flexibility index (Phi) is 3.86. The number of rotatable bonds is 3. The molecule has 0 saturated carbocycles. The van der Waals surface area contributed by atoms with Gasteiger partial charge in [-0.15, -0.1) is 5.10 Å². The van der Waals surface area contributed by atoms with E-state index in [0.29, 0.717) is 0 Å². The normalized spacial score (nSPS) is 11.3. The number of aryl methyl sites for hydroxylation is 1. The molecular formula is C15H19N5. The van der Waals surface area contributed by atoms with Gasteiger partial charge in [-0.2, -0.15) is 5.26 Å². The predicted molar refractivity (Wildman–Crippen MR) is 77.4 cm³/mol. The van der Waals surface area contributed by atoms with Gasteiger partial charge < -0.3 is 5.32 Å². The molecule has 1 aromatic heterocycles. The molecule has 5 nitrogen and oxygen atoms in total. The van der Waals surface area contributed by atoms with Crippen molar-refractivity contribution in [3.05, 3.63) is 41.5 Å². The lowest BCUT2D eigenvalue weighted by Gasteiger charge is -2.21. The van der Waals surface area contributed by atoms with Crippen LogP contribution < -0.4 is 5.32 Å². The van der Waals surface area contributed by atoms with Crippen molar-refractivity contribution < 1.29 is 0 Å². The summed E-state index contributed by atoms with van der Waals surface area (Å²) < 4.78 is 1.65. The van der Waals surface area contributed by atoms with Crippen LogP contribution in [-0.2, 0) is 6.54 Å². The fraction of sp³-hybridized carbons (Fsp3) is 0.400. The van der Waals surface area contributed by atoms with Gasteiger partial charge in [-0.05, 0) is 39.3 Å². The summed E-state index contributed by atoms with van der Waals surface area (Å²) in [6.45, 7) is 9.19. The second-order valence-corrected chi connectivity index (χ2v) is 5.86. The zero-order valence-corrected chi connectivity index (χ0v) is 12.3. The second-order valence-electron chi connectivity index (χ2n) is 5.86. The quantitative estimate of drug-likeness (QED) is 0.928. The van der Waals surface area contributed by atoms with Crippen LogP contribution in [0.15, 0.2) is 24.5 Å². The molecule has 0 aliphatic rings. The Morgan fingerprint density at radius 1 is 1.35 bits per heavy atom. The number of nitrogens with one attached hydrogen (secondary N) is 1. The minimum atomic E-state index is 0.0429. The summed E-state index contributed by atoms with van der Waals surface area (Å²) >= 11 is 0. The standard InChI is InChI=1S/C15H19N5/c1-11-5-6-13(20-10-17-14(8-16)19-20)12(7-11)9-18-15(2,3)4/h5-7,10,18H,9H2,1-4H3. The molecule has 0 unspecified atom stereocenters. The van der Waals surface area contributed by atoms with Crippen LogP contribution in [0, 0.1) is 18.3 Å². The molecule has 0 bridgehead atoms. The Labute approximate surface area is 119 Å². The van der Waals surface area contributed by atoms with E-state index >= 15 is 0 Å². The number of benzene rings is 1. The van der Waals surface area contributed by atoms with E-state index in [0.717, 1.165) is 17.8 Å². The van der Waals surface area contributed by atoms with Crippen LogP contribution in [0.5, 0.6) is 0 Å². The first kappa shape index (κ1) is 14.2. The summed E-state index contributed by atoms with van der Waals surface area (Å²) in [7, 11) is 0. The van der Waals surface area contributed by atoms with E-state index in [1.54, 1.807) is 11.0 Å². The van der Waals surface area contributed by atoms with Gasteiger partial charge in [0.05, 0.1) is 5.69 Å². The topological polar surface area (TPSA) is 66.5 Å². The van der Waals surface area contributed by atoms with Crippen molar-refractivity contribution in [1.82, 2.24) is 20.1 Å². The zero-order chi connectivity index (χ0) is 14.8. The molecule has 0 spiro atoms. The highest BCUT2D eigenvalue weighted by molar-refractivity contribution is 5.42. The lowest BCUT2D eigenvalue weighted by Crippen LogP contribution is -2.35. The van der Waals surface area contributed by atoms with E-state index in [1.807, 2.05) is 18.2 Å². The highest BCUT2D eigenvalue weighted by atomic mass is 15.3. The number of hydrogen-bond donors (Lipinski definition) is 1. The Bertz CT molecular complexity index is 643. The molecule has 104 valence electrons. The maximum absolute atomic E-state index is 8.82. The fourth-order valence-corrected chi connectivity index (χ4v) is 1.87. The lowest BCUT2D eigenvalue weighted by atomic mass is 10.1. The highest BCUT2D eigenvalue weighted by Crippen LogP contribution is 2.17. The van der Waals surface area contributed by atoms with E-state index in [4.69, 9.17) is 5.26 Å². The maximum Gasteiger partial charge on any atom is 0.252 e. The SMILES string of the molecule is Cc1ccc(-n2cnc(C#N)n2)c(CNC(C)(C)C)c1. The Morgan fingerprint density at radius 2 is 2.10 bits per heavy atom. The largest absolute Gasteiger partial charge is 0.308 e. The average Bonchev–Trinajstić information content (AvgIpc) is 2.84. The molecule has 2 rings (SSSR count). The third-order valence-corrected chi connectivity index (χ3v) is 2.88. The average molecular weight is 269 g/mol. The van der Waals surface area contributed by atoms with Crippen LogP contribution in [-0.4, -0.2) is 20.3 Å². The van der Waals surface area contributed by atoms with Crippen molar-refractivity contribution in [1.29, 1.82) is 5.26 Å². The van der Waals surface area contributed by atoms with Gasteiger partial charge in [0.1, 0.15) is 12.4 Å². The number of hydrogen-bond acceptors (Lipinski definition) is 4. The van der Waals surface area contributed by atoms with Crippen LogP contribution in [0.4, 0.5) is 0 Å². The molecule has 0 fully saturated rings. The van der Waals surface area contributed by atoms with E-state index in [2.05, 4.69) is 49.2 Å². The Morgan fingerprint density at radius 3 is 2.70 bits per heavy atom.